The highest BCUT2D eigenvalue weighted by molar-refractivity contribution is 5.83. The Hall–Kier alpha value is -2.29. The Balaban J connectivity index is 1.82. The van der Waals surface area contributed by atoms with Gasteiger partial charge in [0.15, 0.2) is 0 Å². The number of nitrogens with zero attached hydrogens (tertiary/aromatic N) is 2. The first-order valence-corrected chi connectivity index (χ1v) is 6.04. The van der Waals surface area contributed by atoms with E-state index in [-0.39, 0.29) is 0 Å². The van der Waals surface area contributed by atoms with Crippen LogP contribution in [-0.4, -0.2) is 12.5 Å². The molecule has 0 bridgehead atoms. The van der Waals surface area contributed by atoms with Crippen LogP contribution >= 0.6 is 0 Å². The van der Waals surface area contributed by atoms with E-state index in [1.54, 1.807) is 0 Å². The highest BCUT2D eigenvalue weighted by Crippen LogP contribution is 2.22. The average Bonchev–Trinajstić information content (AvgIpc) is 2.87. The summed E-state index contributed by atoms with van der Waals surface area (Å²) in [7, 11) is 0. The van der Waals surface area contributed by atoms with Crippen molar-refractivity contribution in [1.82, 2.24) is 5.43 Å². The maximum Gasteiger partial charge on any atom is 0.131 e. The lowest BCUT2D eigenvalue weighted by molar-refractivity contribution is 0.840. The van der Waals surface area contributed by atoms with Crippen molar-refractivity contribution in [1.29, 1.82) is 0 Å². The topological polar surface area (TPSA) is 27.6 Å². The molecule has 0 aliphatic carbocycles. The van der Waals surface area contributed by atoms with Crippen LogP contribution in [0.4, 0.5) is 5.69 Å². The number of hydrazine groups is 1. The van der Waals surface area contributed by atoms with Gasteiger partial charge in [0, 0.05) is 0 Å². The Bertz CT molecular complexity index is 558. The van der Waals surface area contributed by atoms with E-state index >= 15 is 0 Å². The number of hydrogen-bond acceptors (Lipinski definition) is 3. The molecule has 1 aliphatic heterocycles. The van der Waals surface area contributed by atoms with Crippen LogP contribution in [0.15, 0.2) is 59.6 Å². The van der Waals surface area contributed by atoms with Gasteiger partial charge in [0.05, 0.1) is 5.69 Å². The fourth-order valence-electron chi connectivity index (χ4n) is 2.05. The molecule has 3 heteroatoms. The van der Waals surface area contributed by atoms with Crippen LogP contribution in [-0.2, 0) is 0 Å². The van der Waals surface area contributed by atoms with Gasteiger partial charge in [-0.05, 0) is 30.2 Å². The van der Waals surface area contributed by atoms with Crippen LogP contribution < -0.4 is 10.4 Å². The Morgan fingerprint density at radius 3 is 2.22 bits per heavy atom. The second-order valence-electron chi connectivity index (χ2n) is 4.34. The van der Waals surface area contributed by atoms with Gasteiger partial charge in [-0.3, -0.25) is 10.4 Å². The molecule has 0 saturated carbocycles. The minimum Gasteiger partial charge on any atom is -0.284 e. The van der Waals surface area contributed by atoms with Crippen molar-refractivity contribution in [2.75, 3.05) is 11.7 Å². The van der Waals surface area contributed by atoms with Crippen LogP contribution in [0.2, 0.25) is 0 Å². The standard InChI is InChI=1S/C15H15N3/c1-12-16-11-18(17-12)15-9-7-14(8-10-15)13-5-3-2-4-6-13/h2-10H,11H2,1H3,(H,16,17). The van der Waals surface area contributed by atoms with Gasteiger partial charge in [0.25, 0.3) is 0 Å². The van der Waals surface area contributed by atoms with Crippen molar-refractivity contribution >= 4 is 11.5 Å². The van der Waals surface area contributed by atoms with E-state index in [1.807, 2.05) is 18.0 Å². The summed E-state index contributed by atoms with van der Waals surface area (Å²) in [6, 6.07) is 18.9. The van der Waals surface area contributed by atoms with Gasteiger partial charge in [0.1, 0.15) is 12.5 Å². The number of rotatable bonds is 2. The Morgan fingerprint density at radius 1 is 0.944 bits per heavy atom. The normalized spacial score (nSPS) is 14.3. The first-order valence-electron chi connectivity index (χ1n) is 6.04. The zero-order valence-corrected chi connectivity index (χ0v) is 10.3. The summed E-state index contributed by atoms with van der Waals surface area (Å²) in [5, 5.41) is 2.03. The monoisotopic (exact) mass is 237 g/mol. The molecule has 90 valence electrons. The Kier molecular flexibility index (Phi) is 2.73. The van der Waals surface area contributed by atoms with Gasteiger partial charge in [-0.2, -0.15) is 0 Å². The van der Waals surface area contributed by atoms with Crippen LogP contribution in [0.1, 0.15) is 6.92 Å². The van der Waals surface area contributed by atoms with Crippen LogP contribution in [0.5, 0.6) is 0 Å². The van der Waals surface area contributed by atoms with Crippen molar-refractivity contribution < 1.29 is 0 Å². The molecule has 0 fully saturated rings. The van der Waals surface area contributed by atoms with E-state index in [4.69, 9.17) is 0 Å². The minimum atomic E-state index is 0.677. The second-order valence-corrected chi connectivity index (χ2v) is 4.34. The van der Waals surface area contributed by atoms with Crippen LogP contribution in [0.25, 0.3) is 11.1 Å². The average molecular weight is 237 g/mol. The molecule has 3 nitrogen and oxygen atoms in total. The maximum atomic E-state index is 4.31. The first-order chi connectivity index (χ1) is 8.83. The van der Waals surface area contributed by atoms with Gasteiger partial charge in [-0.25, -0.2) is 4.99 Å². The molecule has 2 aromatic rings. The summed E-state index contributed by atoms with van der Waals surface area (Å²) in [6.45, 7) is 2.65. The summed E-state index contributed by atoms with van der Waals surface area (Å²) in [5.74, 6) is 0.960. The molecule has 2 aromatic carbocycles. The molecule has 0 aromatic heterocycles. The van der Waals surface area contributed by atoms with E-state index < -0.39 is 0 Å². The van der Waals surface area contributed by atoms with Crippen LogP contribution in [0, 0.1) is 0 Å². The second kappa shape index (κ2) is 4.53. The van der Waals surface area contributed by atoms with Gasteiger partial charge >= 0.3 is 0 Å². The predicted molar refractivity (Wildman–Crippen MR) is 75.5 cm³/mol. The van der Waals surface area contributed by atoms with Crippen molar-refractivity contribution in [3.63, 3.8) is 0 Å². The Labute approximate surface area is 107 Å². The molecule has 0 atom stereocenters. The van der Waals surface area contributed by atoms with Crippen molar-refractivity contribution in [2.24, 2.45) is 4.99 Å². The quantitative estimate of drug-likeness (QED) is 0.869. The third-order valence-electron chi connectivity index (χ3n) is 3.03. The zero-order chi connectivity index (χ0) is 12.4. The molecule has 18 heavy (non-hydrogen) atoms. The number of anilines is 1. The highest BCUT2D eigenvalue weighted by atomic mass is 15.6. The summed E-state index contributed by atoms with van der Waals surface area (Å²) in [6.07, 6.45) is 0. The summed E-state index contributed by atoms with van der Waals surface area (Å²) >= 11 is 0. The van der Waals surface area contributed by atoms with Crippen molar-refractivity contribution in [3.8, 4) is 11.1 Å². The predicted octanol–water partition coefficient (Wildman–Crippen LogP) is 3.05. The summed E-state index contributed by atoms with van der Waals surface area (Å²) in [5.41, 5.74) is 6.82. The van der Waals surface area contributed by atoms with E-state index in [1.165, 1.54) is 11.1 Å². The molecule has 0 unspecified atom stereocenters. The fraction of sp³-hybridized carbons (Fsp3) is 0.133. The highest BCUT2D eigenvalue weighted by Gasteiger charge is 2.11. The molecule has 1 heterocycles. The van der Waals surface area contributed by atoms with E-state index in [2.05, 4.69) is 58.9 Å². The van der Waals surface area contributed by atoms with Crippen molar-refractivity contribution in [2.45, 2.75) is 6.92 Å². The van der Waals surface area contributed by atoms with Crippen molar-refractivity contribution in [3.05, 3.63) is 54.6 Å². The van der Waals surface area contributed by atoms with Gasteiger partial charge in [0.2, 0.25) is 0 Å². The molecular weight excluding hydrogens is 222 g/mol. The van der Waals surface area contributed by atoms with E-state index in [0.717, 1.165) is 11.5 Å². The van der Waals surface area contributed by atoms with E-state index in [9.17, 15) is 0 Å². The molecule has 0 saturated heterocycles. The van der Waals surface area contributed by atoms with Gasteiger partial charge < -0.3 is 0 Å². The smallest absolute Gasteiger partial charge is 0.131 e. The lowest BCUT2D eigenvalue weighted by Crippen LogP contribution is -2.34. The third-order valence-corrected chi connectivity index (χ3v) is 3.03. The molecule has 3 rings (SSSR count). The number of hydrogen-bond donors (Lipinski definition) is 1. The first kappa shape index (κ1) is 10.8. The molecule has 1 N–H and O–H groups in total. The number of benzene rings is 2. The number of aliphatic imine (C=N–C) groups is 1. The van der Waals surface area contributed by atoms with Gasteiger partial charge in [-0.1, -0.05) is 42.5 Å². The lowest BCUT2D eigenvalue weighted by atomic mass is 10.1. The number of nitrogens with one attached hydrogen (secondary N) is 1. The molecule has 0 spiro atoms. The maximum absolute atomic E-state index is 4.31. The SMILES string of the molecule is CC1=NCN(c2ccc(-c3ccccc3)cc2)N1. The largest absolute Gasteiger partial charge is 0.284 e. The molecule has 0 radical (unpaired) electrons. The molecule has 0 amide bonds. The van der Waals surface area contributed by atoms with E-state index in [0.29, 0.717) is 6.67 Å². The summed E-state index contributed by atoms with van der Waals surface area (Å²) in [4.78, 5) is 4.31. The Morgan fingerprint density at radius 2 is 1.61 bits per heavy atom. The lowest BCUT2D eigenvalue weighted by Gasteiger charge is -2.18. The zero-order valence-electron chi connectivity index (χ0n) is 10.3. The van der Waals surface area contributed by atoms with Crippen LogP contribution in [0.3, 0.4) is 0 Å². The summed E-state index contributed by atoms with van der Waals surface area (Å²) < 4.78 is 0. The minimum absolute atomic E-state index is 0.677. The third kappa shape index (κ3) is 2.07. The molecular formula is C15H15N3. The molecule has 1 aliphatic rings. The van der Waals surface area contributed by atoms with Gasteiger partial charge in [-0.15, -0.1) is 0 Å². The number of amidine groups is 1. The fourth-order valence-corrected chi connectivity index (χ4v) is 2.05.